The molecule has 0 radical (unpaired) electrons. The first kappa shape index (κ1) is 17.8. The number of carbonyl (C=O) groups is 2. The number of aromatic nitrogens is 2. The molecular formula is C18H16N2O5S. The maximum absolute atomic E-state index is 12.1. The average Bonchev–Trinajstić information content (AvgIpc) is 3.35. The number of Topliss-reactive ketones (excluding diaryl/α,β-unsaturated/α-hetero) is 1. The monoisotopic (exact) mass is 372 g/mol. The molecule has 134 valence electrons. The standard InChI is InChI=1S/C18H16N2O5S/c1-23-15-5-3-2-4-13(15)14(21)10-24-17(22)7-6-16-19-18(20-25-16)12-8-9-26-11-12/h2-5,8-9,11H,6-7,10H2,1H3. The quantitative estimate of drug-likeness (QED) is 0.443. The van der Waals surface area contributed by atoms with Gasteiger partial charge in [-0.1, -0.05) is 17.3 Å². The van der Waals surface area contributed by atoms with Crippen molar-refractivity contribution >= 4 is 23.1 Å². The number of hydrogen-bond donors (Lipinski definition) is 0. The van der Waals surface area contributed by atoms with Gasteiger partial charge in [-0.2, -0.15) is 16.3 Å². The summed E-state index contributed by atoms with van der Waals surface area (Å²) in [4.78, 5) is 28.2. The van der Waals surface area contributed by atoms with Crippen LogP contribution in [0.3, 0.4) is 0 Å². The van der Waals surface area contributed by atoms with Gasteiger partial charge in [0.25, 0.3) is 0 Å². The molecule has 2 aromatic heterocycles. The summed E-state index contributed by atoms with van der Waals surface area (Å²) in [7, 11) is 1.48. The number of thiophene rings is 1. The molecule has 0 saturated heterocycles. The predicted octanol–water partition coefficient (Wildman–Crippen LogP) is 3.17. The highest BCUT2D eigenvalue weighted by Gasteiger charge is 2.15. The first-order chi connectivity index (χ1) is 12.7. The summed E-state index contributed by atoms with van der Waals surface area (Å²) in [6.07, 6.45) is 0.295. The van der Waals surface area contributed by atoms with Crippen molar-refractivity contribution in [2.24, 2.45) is 0 Å². The summed E-state index contributed by atoms with van der Waals surface area (Å²) < 4.78 is 15.3. The van der Waals surface area contributed by atoms with E-state index in [9.17, 15) is 9.59 Å². The van der Waals surface area contributed by atoms with Gasteiger partial charge in [0.05, 0.1) is 19.1 Å². The number of hydrogen-bond acceptors (Lipinski definition) is 8. The van der Waals surface area contributed by atoms with Crippen LogP contribution in [0.4, 0.5) is 0 Å². The molecule has 3 aromatic rings. The van der Waals surface area contributed by atoms with Crippen LogP contribution in [0.25, 0.3) is 11.4 Å². The molecule has 0 atom stereocenters. The Morgan fingerprint density at radius 1 is 1.23 bits per heavy atom. The third-order valence-corrected chi connectivity index (χ3v) is 4.25. The first-order valence-corrected chi connectivity index (χ1v) is 8.78. The summed E-state index contributed by atoms with van der Waals surface area (Å²) in [6, 6.07) is 8.67. The van der Waals surface area contributed by atoms with E-state index in [0.717, 1.165) is 5.56 Å². The van der Waals surface area contributed by atoms with E-state index in [4.69, 9.17) is 14.0 Å². The number of ether oxygens (including phenoxy) is 2. The molecule has 0 aliphatic rings. The first-order valence-electron chi connectivity index (χ1n) is 7.84. The van der Waals surface area contributed by atoms with Crippen LogP contribution in [-0.4, -0.2) is 35.6 Å². The van der Waals surface area contributed by atoms with Crippen LogP contribution in [0.2, 0.25) is 0 Å². The molecule has 7 nitrogen and oxygen atoms in total. The zero-order valence-electron chi connectivity index (χ0n) is 14.0. The highest BCUT2D eigenvalue weighted by Crippen LogP contribution is 2.19. The number of benzene rings is 1. The minimum Gasteiger partial charge on any atom is -0.496 e. The van der Waals surface area contributed by atoms with Gasteiger partial charge in [-0.05, 0) is 23.6 Å². The van der Waals surface area contributed by atoms with E-state index >= 15 is 0 Å². The van der Waals surface area contributed by atoms with Crippen LogP contribution in [0.1, 0.15) is 22.7 Å². The van der Waals surface area contributed by atoms with Gasteiger partial charge < -0.3 is 14.0 Å². The Bertz CT molecular complexity index is 889. The topological polar surface area (TPSA) is 91.5 Å². The van der Waals surface area contributed by atoms with Crippen molar-refractivity contribution in [1.82, 2.24) is 10.1 Å². The lowest BCUT2D eigenvalue weighted by atomic mass is 10.1. The van der Waals surface area contributed by atoms with Crippen molar-refractivity contribution in [2.75, 3.05) is 13.7 Å². The molecule has 0 spiro atoms. The molecule has 2 heterocycles. The number of rotatable bonds is 8. The number of nitrogens with zero attached hydrogens (tertiary/aromatic N) is 2. The second-order valence-electron chi connectivity index (χ2n) is 5.31. The van der Waals surface area contributed by atoms with E-state index in [0.29, 0.717) is 23.0 Å². The molecule has 0 amide bonds. The fourth-order valence-electron chi connectivity index (χ4n) is 2.25. The van der Waals surface area contributed by atoms with Crippen LogP contribution < -0.4 is 4.74 Å². The Balaban J connectivity index is 1.48. The van der Waals surface area contributed by atoms with Gasteiger partial charge in [0.1, 0.15) is 5.75 Å². The third kappa shape index (κ3) is 4.34. The SMILES string of the molecule is COc1ccccc1C(=O)COC(=O)CCc1nc(-c2ccsc2)no1. The summed E-state index contributed by atoms with van der Waals surface area (Å²) in [6.45, 7) is -0.344. The van der Waals surface area contributed by atoms with Crippen LogP contribution in [0.15, 0.2) is 45.6 Å². The molecule has 0 aliphatic carbocycles. The molecule has 0 N–H and O–H groups in total. The van der Waals surface area contributed by atoms with Gasteiger partial charge in [-0.25, -0.2) is 0 Å². The number of esters is 1. The molecule has 26 heavy (non-hydrogen) atoms. The Morgan fingerprint density at radius 3 is 2.85 bits per heavy atom. The number of methoxy groups -OCH3 is 1. The third-order valence-electron chi connectivity index (χ3n) is 3.56. The molecule has 0 saturated carbocycles. The van der Waals surface area contributed by atoms with Gasteiger partial charge in [-0.15, -0.1) is 0 Å². The number of ketones is 1. The molecule has 3 rings (SSSR count). The Morgan fingerprint density at radius 2 is 2.08 bits per heavy atom. The molecular weight excluding hydrogens is 356 g/mol. The van der Waals surface area contributed by atoms with Crippen molar-refractivity contribution < 1.29 is 23.6 Å². The number of carbonyl (C=O) groups excluding carboxylic acids is 2. The van der Waals surface area contributed by atoms with Crippen LogP contribution in [0.5, 0.6) is 5.75 Å². The lowest BCUT2D eigenvalue weighted by Crippen LogP contribution is -2.15. The fourth-order valence-corrected chi connectivity index (χ4v) is 2.88. The van der Waals surface area contributed by atoms with Crippen LogP contribution in [-0.2, 0) is 16.0 Å². The second kappa shape index (κ2) is 8.39. The molecule has 8 heteroatoms. The largest absolute Gasteiger partial charge is 0.496 e. The molecule has 0 unspecified atom stereocenters. The van der Waals surface area contributed by atoms with E-state index in [2.05, 4.69) is 10.1 Å². The average molecular weight is 372 g/mol. The molecule has 0 aliphatic heterocycles. The minimum absolute atomic E-state index is 0.0461. The van der Waals surface area contributed by atoms with E-state index in [1.165, 1.54) is 18.4 Å². The Kier molecular flexibility index (Phi) is 5.75. The second-order valence-corrected chi connectivity index (χ2v) is 6.09. The minimum atomic E-state index is -0.511. The van der Waals surface area contributed by atoms with Gasteiger partial charge in [0.2, 0.25) is 17.5 Å². The lowest BCUT2D eigenvalue weighted by Gasteiger charge is -2.07. The highest BCUT2D eigenvalue weighted by molar-refractivity contribution is 7.08. The summed E-state index contributed by atoms with van der Waals surface area (Å²) in [5.41, 5.74) is 1.25. The van der Waals surface area contributed by atoms with E-state index in [1.54, 1.807) is 24.3 Å². The summed E-state index contributed by atoms with van der Waals surface area (Å²) in [5, 5.41) is 7.70. The van der Waals surface area contributed by atoms with Crippen molar-refractivity contribution in [1.29, 1.82) is 0 Å². The highest BCUT2D eigenvalue weighted by atomic mass is 32.1. The van der Waals surface area contributed by atoms with Crippen LogP contribution >= 0.6 is 11.3 Å². The zero-order chi connectivity index (χ0) is 18.4. The van der Waals surface area contributed by atoms with Crippen molar-refractivity contribution in [3.05, 3.63) is 52.5 Å². The zero-order valence-corrected chi connectivity index (χ0v) is 14.8. The number of para-hydroxylation sites is 1. The maximum Gasteiger partial charge on any atom is 0.306 e. The molecule has 0 fully saturated rings. The van der Waals surface area contributed by atoms with Crippen molar-refractivity contribution in [3.8, 4) is 17.1 Å². The molecule has 0 bridgehead atoms. The Labute approximate surface area is 153 Å². The fraction of sp³-hybridized carbons (Fsp3) is 0.222. The number of aryl methyl sites for hydroxylation is 1. The Hall–Kier alpha value is -3.00. The van der Waals surface area contributed by atoms with Gasteiger partial charge in [0.15, 0.2) is 6.61 Å². The summed E-state index contributed by atoms with van der Waals surface area (Å²) >= 11 is 1.54. The normalized spacial score (nSPS) is 10.5. The van der Waals surface area contributed by atoms with Gasteiger partial charge in [-0.3, -0.25) is 9.59 Å². The van der Waals surface area contributed by atoms with E-state index in [-0.39, 0.29) is 25.2 Å². The summed E-state index contributed by atoms with van der Waals surface area (Å²) in [5.74, 6) is 0.442. The predicted molar refractivity (Wildman–Crippen MR) is 94.2 cm³/mol. The van der Waals surface area contributed by atoms with Gasteiger partial charge in [0, 0.05) is 17.4 Å². The maximum atomic E-state index is 12.1. The van der Waals surface area contributed by atoms with Crippen molar-refractivity contribution in [2.45, 2.75) is 12.8 Å². The lowest BCUT2D eigenvalue weighted by molar-refractivity contribution is -0.142. The smallest absolute Gasteiger partial charge is 0.306 e. The van der Waals surface area contributed by atoms with Gasteiger partial charge >= 0.3 is 5.97 Å². The van der Waals surface area contributed by atoms with Crippen LogP contribution in [0, 0.1) is 0 Å². The van der Waals surface area contributed by atoms with Crippen molar-refractivity contribution in [3.63, 3.8) is 0 Å². The molecule has 1 aromatic carbocycles. The van der Waals surface area contributed by atoms with E-state index < -0.39 is 5.97 Å². The van der Waals surface area contributed by atoms with E-state index in [1.807, 2.05) is 16.8 Å².